The lowest BCUT2D eigenvalue weighted by Crippen LogP contribution is -2.30. The molecule has 3 nitrogen and oxygen atoms in total. The van der Waals surface area contributed by atoms with E-state index in [0.717, 1.165) is 23.1 Å². The van der Waals surface area contributed by atoms with Crippen LogP contribution in [-0.2, 0) is 17.4 Å². The number of hydrogen-bond donors (Lipinski definition) is 1. The van der Waals surface area contributed by atoms with Crippen LogP contribution in [0.15, 0.2) is 5.38 Å². The lowest BCUT2D eigenvalue weighted by molar-refractivity contribution is -0.140. The third-order valence-corrected chi connectivity index (χ3v) is 3.45. The molecule has 18 heavy (non-hydrogen) atoms. The first-order valence-corrected chi connectivity index (χ1v) is 6.51. The van der Waals surface area contributed by atoms with Crippen molar-refractivity contribution in [2.24, 2.45) is 5.92 Å². The topological polar surface area (TPSA) is 42.0 Å². The normalized spacial score (nSPS) is 13.4. The monoisotopic (exact) mass is 280 g/mol. The van der Waals surface area contributed by atoms with Crippen molar-refractivity contribution in [1.82, 2.24) is 10.3 Å². The highest BCUT2D eigenvalue weighted by atomic mass is 32.1. The van der Waals surface area contributed by atoms with E-state index in [1.165, 1.54) is 0 Å². The van der Waals surface area contributed by atoms with E-state index >= 15 is 0 Å². The van der Waals surface area contributed by atoms with Crippen LogP contribution in [-0.4, -0.2) is 17.4 Å². The maximum absolute atomic E-state index is 12.3. The number of nitrogens with zero attached hydrogens (tertiary/aromatic N) is 1. The molecule has 1 amide bonds. The lowest BCUT2D eigenvalue weighted by atomic mass is 10.1. The van der Waals surface area contributed by atoms with Crippen molar-refractivity contribution in [3.05, 3.63) is 16.1 Å². The first-order valence-electron chi connectivity index (χ1n) is 5.64. The van der Waals surface area contributed by atoms with Crippen molar-refractivity contribution in [2.45, 2.75) is 32.9 Å². The van der Waals surface area contributed by atoms with Crippen LogP contribution in [0, 0.1) is 5.92 Å². The van der Waals surface area contributed by atoms with Gasteiger partial charge in [0.15, 0.2) is 5.69 Å². The van der Waals surface area contributed by atoms with Crippen LogP contribution in [0.4, 0.5) is 13.2 Å². The van der Waals surface area contributed by atoms with E-state index in [4.69, 9.17) is 0 Å². The Hall–Kier alpha value is -1.11. The lowest BCUT2D eigenvalue weighted by Gasteiger charge is -2.08. The molecule has 1 rings (SSSR count). The second-order valence-electron chi connectivity index (χ2n) is 3.97. The summed E-state index contributed by atoms with van der Waals surface area (Å²) in [6.45, 7) is 4.02. The number of nitrogens with one attached hydrogen (secondary N) is 1. The minimum Gasteiger partial charge on any atom is -0.355 e. The second-order valence-corrected chi connectivity index (χ2v) is 4.92. The molecule has 1 aromatic rings. The highest BCUT2D eigenvalue weighted by molar-refractivity contribution is 7.09. The molecule has 0 fully saturated rings. The van der Waals surface area contributed by atoms with Crippen molar-refractivity contribution < 1.29 is 18.0 Å². The Kier molecular flexibility index (Phi) is 5.13. The Morgan fingerprint density at radius 2 is 2.22 bits per heavy atom. The van der Waals surface area contributed by atoms with Gasteiger partial charge < -0.3 is 5.32 Å². The standard InChI is InChI=1S/C11H15F3N2OS/c1-3-7(2)10(17)15-5-4-9-16-8(6-18-9)11(12,13)14/h6-7H,3-5H2,1-2H3,(H,15,17)/t7-/m1/s1. The van der Waals surface area contributed by atoms with E-state index < -0.39 is 11.9 Å². The second kappa shape index (κ2) is 6.17. The fraction of sp³-hybridized carbons (Fsp3) is 0.636. The number of carbonyl (C=O) groups excluding carboxylic acids is 1. The summed E-state index contributed by atoms with van der Waals surface area (Å²) in [7, 11) is 0. The fourth-order valence-corrected chi connectivity index (χ4v) is 2.01. The van der Waals surface area contributed by atoms with Gasteiger partial charge in [0.25, 0.3) is 0 Å². The first kappa shape index (κ1) is 14.9. The molecule has 1 atom stereocenters. The van der Waals surface area contributed by atoms with Crippen LogP contribution in [0.2, 0.25) is 0 Å². The molecule has 7 heteroatoms. The Balaban J connectivity index is 2.41. The number of thiazole rings is 1. The molecule has 0 aromatic carbocycles. The van der Waals surface area contributed by atoms with Crippen molar-refractivity contribution in [3.63, 3.8) is 0 Å². The third kappa shape index (κ3) is 4.29. The summed E-state index contributed by atoms with van der Waals surface area (Å²) in [6.07, 6.45) is -3.33. The van der Waals surface area contributed by atoms with Gasteiger partial charge in [0.05, 0.1) is 5.01 Å². The summed E-state index contributed by atoms with van der Waals surface area (Å²) in [6, 6.07) is 0. The summed E-state index contributed by atoms with van der Waals surface area (Å²) < 4.78 is 36.8. The van der Waals surface area contributed by atoms with Crippen molar-refractivity contribution in [2.75, 3.05) is 6.54 Å². The van der Waals surface area contributed by atoms with Gasteiger partial charge in [-0.3, -0.25) is 4.79 Å². The maximum atomic E-state index is 12.3. The average molecular weight is 280 g/mol. The summed E-state index contributed by atoms with van der Waals surface area (Å²) >= 11 is 0.960. The molecule has 0 aliphatic rings. The Morgan fingerprint density at radius 3 is 2.72 bits per heavy atom. The van der Waals surface area contributed by atoms with Crippen molar-refractivity contribution in [3.8, 4) is 0 Å². The number of carbonyl (C=O) groups is 1. The maximum Gasteiger partial charge on any atom is 0.434 e. The molecular weight excluding hydrogens is 265 g/mol. The number of alkyl halides is 3. The number of hydrogen-bond acceptors (Lipinski definition) is 3. The largest absolute Gasteiger partial charge is 0.434 e. The Morgan fingerprint density at radius 1 is 1.56 bits per heavy atom. The number of rotatable bonds is 5. The molecule has 0 unspecified atom stereocenters. The molecule has 1 aromatic heterocycles. The van der Waals surface area contributed by atoms with Gasteiger partial charge in [-0.15, -0.1) is 11.3 Å². The molecule has 0 spiro atoms. The van der Waals surface area contributed by atoms with Crippen LogP contribution in [0.25, 0.3) is 0 Å². The summed E-state index contributed by atoms with van der Waals surface area (Å²) in [5, 5.41) is 4.05. The molecule has 102 valence electrons. The van der Waals surface area contributed by atoms with E-state index in [-0.39, 0.29) is 11.8 Å². The zero-order chi connectivity index (χ0) is 13.8. The van der Waals surface area contributed by atoms with Crippen LogP contribution in [0.5, 0.6) is 0 Å². The predicted molar refractivity (Wildman–Crippen MR) is 63.3 cm³/mol. The molecular formula is C11H15F3N2OS. The number of amides is 1. The zero-order valence-corrected chi connectivity index (χ0v) is 11.0. The average Bonchev–Trinajstić information content (AvgIpc) is 2.76. The summed E-state index contributed by atoms with van der Waals surface area (Å²) in [5.74, 6) is -0.155. The Labute approximate surface area is 107 Å². The SMILES string of the molecule is CC[C@@H](C)C(=O)NCCc1nc(C(F)(F)F)cs1. The van der Waals surface area contributed by atoms with Crippen LogP contribution < -0.4 is 5.32 Å². The van der Waals surface area contributed by atoms with E-state index in [0.29, 0.717) is 18.0 Å². The number of aromatic nitrogens is 1. The van der Waals surface area contributed by atoms with Gasteiger partial charge in [0, 0.05) is 24.3 Å². The highest BCUT2D eigenvalue weighted by Gasteiger charge is 2.33. The van der Waals surface area contributed by atoms with E-state index in [2.05, 4.69) is 10.3 Å². The van der Waals surface area contributed by atoms with E-state index in [9.17, 15) is 18.0 Å². The third-order valence-electron chi connectivity index (χ3n) is 2.54. The van der Waals surface area contributed by atoms with Gasteiger partial charge in [-0.1, -0.05) is 13.8 Å². The zero-order valence-electron chi connectivity index (χ0n) is 10.2. The first-order chi connectivity index (χ1) is 8.34. The molecule has 0 aliphatic carbocycles. The van der Waals surface area contributed by atoms with Crippen LogP contribution in [0.1, 0.15) is 31.0 Å². The van der Waals surface area contributed by atoms with Gasteiger partial charge >= 0.3 is 6.18 Å². The molecule has 0 bridgehead atoms. The molecule has 0 radical (unpaired) electrons. The molecule has 0 saturated heterocycles. The van der Waals surface area contributed by atoms with Gasteiger partial charge in [-0.25, -0.2) is 4.98 Å². The van der Waals surface area contributed by atoms with Gasteiger partial charge in [-0.05, 0) is 6.42 Å². The van der Waals surface area contributed by atoms with Gasteiger partial charge in [-0.2, -0.15) is 13.2 Å². The molecule has 1 heterocycles. The molecule has 0 saturated carbocycles. The van der Waals surface area contributed by atoms with Gasteiger partial charge in [0.2, 0.25) is 5.91 Å². The van der Waals surface area contributed by atoms with Gasteiger partial charge in [0.1, 0.15) is 0 Å². The molecule has 0 aliphatic heterocycles. The van der Waals surface area contributed by atoms with E-state index in [1.807, 2.05) is 6.92 Å². The van der Waals surface area contributed by atoms with Crippen LogP contribution >= 0.6 is 11.3 Å². The Bertz CT molecular complexity index is 403. The minimum atomic E-state index is -4.39. The predicted octanol–water partition coefficient (Wildman–Crippen LogP) is 2.87. The number of halogens is 3. The highest BCUT2D eigenvalue weighted by Crippen LogP contribution is 2.29. The van der Waals surface area contributed by atoms with E-state index in [1.54, 1.807) is 6.92 Å². The summed E-state index contributed by atoms with van der Waals surface area (Å²) in [5.41, 5.74) is -0.865. The van der Waals surface area contributed by atoms with Crippen molar-refractivity contribution >= 4 is 17.2 Å². The minimum absolute atomic E-state index is 0.0768. The molecule has 1 N–H and O–H groups in total. The fourth-order valence-electron chi connectivity index (χ4n) is 1.21. The van der Waals surface area contributed by atoms with Crippen LogP contribution in [0.3, 0.4) is 0 Å². The smallest absolute Gasteiger partial charge is 0.355 e. The quantitative estimate of drug-likeness (QED) is 0.901. The van der Waals surface area contributed by atoms with Crippen molar-refractivity contribution in [1.29, 1.82) is 0 Å². The summed E-state index contributed by atoms with van der Waals surface area (Å²) in [4.78, 5) is 14.9.